The fourth-order valence-electron chi connectivity index (χ4n) is 0.911. The molecule has 0 spiro atoms. The molecule has 0 amide bonds. The summed E-state index contributed by atoms with van der Waals surface area (Å²) < 4.78 is 0. The van der Waals surface area contributed by atoms with Crippen molar-refractivity contribution in [3.63, 3.8) is 0 Å². The minimum absolute atomic E-state index is 0.222. The van der Waals surface area contributed by atoms with Crippen LogP contribution in [0.15, 0.2) is 11.0 Å². The summed E-state index contributed by atoms with van der Waals surface area (Å²) in [6.45, 7) is 3.63. The van der Waals surface area contributed by atoms with Gasteiger partial charge in [-0.15, -0.1) is 12.6 Å². The van der Waals surface area contributed by atoms with Crippen molar-refractivity contribution >= 4 is 18.3 Å². The lowest BCUT2D eigenvalue weighted by Gasteiger charge is -2.07. The summed E-state index contributed by atoms with van der Waals surface area (Å²) in [6.07, 6.45) is 0. The zero-order chi connectivity index (χ0) is 8.59. The summed E-state index contributed by atoms with van der Waals surface area (Å²) in [5.41, 5.74) is 7.89. The second-order valence-corrected chi connectivity index (χ2v) is 3.05. The normalized spacial score (nSPS) is 10.1. The number of thiol groups is 1. The van der Waals surface area contributed by atoms with Crippen molar-refractivity contribution in [3.8, 4) is 5.75 Å². The van der Waals surface area contributed by atoms with E-state index in [1.165, 1.54) is 0 Å². The van der Waals surface area contributed by atoms with E-state index >= 15 is 0 Å². The van der Waals surface area contributed by atoms with Gasteiger partial charge in [-0.1, -0.05) is 0 Å². The van der Waals surface area contributed by atoms with Crippen molar-refractivity contribution in [1.82, 2.24) is 0 Å². The Bertz CT molecular complexity index is 270. The van der Waals surface area contributed by atoms with Crippen molar-refractivity contribution in [2.24, 2.45) is 0 Å². The molecule has 1 aromatic rings. The Hall–Kier alpha value is -0.830. The third kappa shape index (κ3) is 1.28. The van der Waals surface area contributed by atoms with Gasteiger partial charge in [-0.2, -0.15) is 0 Å². The summed E-state index contributed by atoms with van der Waals surface area (Å²) in [6, 6.07) is 1.74. The molecule has 0 aromatic heterocycles. The van der Waals surface area contributed by atoms with E-state index in [2.05, 4.69) is 12.6 Å². The number of phenols is 1. The number of phenolic OH excluding ortho intramolecular Hbond substituents is 1. The molecule has 3 N–H and O–H groups in total. The monoisotopic (exact) mass is 169 g/mol. The van der Waals surface area contributed by atoms with E-state index in [1.807, 2.05) is 6.92 Å². The van der Waals surface area contributed by atoms with E-state index in [0.29, 0.717) is 10.6 Å². The smallest absolute Gasteiger partial charge is 0.132 e. The maximum atomic E-state index is 9.38. The first-order valence-corrected chi connectivity index (χ1v) is 3.76. The zero-order valence-electron chi connectivity index (χ0n) is 6.55. The highest BCUT2D eigenvalue weighted by atomic mass is 32.1. The molecule has 1 rings (SSSR count). The molecule has 0 unspecified atom stereocenters. The van der Waals surface area contributed by atoms with Gasteiger partial charge in [-0.25, -0.2) is 0 Å². The molecule has 3 heteroatoms. The van der Waals surface area contributed by atoms with E-state index < -0.39 is 0 Å². The summed E-state index contributed by atoms with van der Waals surface area (Å²) in [5.74, 6) is 0.222. The third-order valence-electron chi connectivity index (χ3n) is 1.76. The van der Waals surface area contributed by atoms with Crippen LogP contribution in [0.4, 0.5) is 5.69 Å². The maximum absolute atomic E-state index is 9.38. The van der Waals surface area contributed by atoms with Crippen LogP contribution < -0.4 is 5.73 Å². The Morgan fingerprint density at radius 1 is 1.45 bits per heavy atom. The van der Waals surface area contributed by atoms with Gasteiger partial charge in [0.25, 0.3) is 0 Å². The van der Waals surface area contributed by atoms with E-state index in [4.69, 9.17) is 5.73 Å². The van der Waals surface area contributed by atoms with Crippen LogP contribution in [0.2, 0.25) is 0 Å². The Kier molecular flexibility index (Phi) is 2.00. The first-order chi connectivity index (χ1) is 5.04. The average molecular weight is 169 g/mol. The minimum Gasteiger partial charge on any atom is -0.507 e. The SMILES string of the molecule is Cc1cc(N)c(C)c(S)c1O. The molecule has 0 saturated heterocycles. The van der Waals surface area contributed by atoms with Crippen molar-refractivity contribution in [2.75, 3.05) is 5.73 Å². The number of nitrogens with two attached hydrogens (primary N) is 1. The second kappa shape index (κ2) is 2.66. The van der Waals surface area contributed by atoms with E-state index in [0.717, 1.165) is 11.1 Å². The lowest BCUT2D eigenvalue weighted by molar-refractivity contribution is 0.457. The molecule has 60 valence electrons. The molecule has 2 nitrogen and oxygen atoms in total. The maximum Gasteiger partial charge on any atom is 0.132 e. The van der Waals surface area contributed by atoms with E-state index in [-0.39, 0.29) is 5.75 Å². The minimum atomic E-state index is 0.222. The molecule has 0 aliphatic rings. The molecule has 0 aliphatic heterocycles. The summed E-state index contributed by atoms with van der Waals surface area (Å²) >= 11 is 4.12. The lowest BCUT2D eigenvalue weighted by atomic mass is 10.1. The number of aryl methyl sites for hydroxylation is 1. The molecular weight excluding hydrogens is 158 g/mol. The quantitative estimate of drug-likeness (QED) is 0.315. The first-order valence-electron chi connectivity index (χ1n) is 3.31. The van der Waals surface area contributed by atoms with Crippen LogP contribution in [0.3, 0.4) is 0 Å². The van der Waals surface area contributed by atoms with Gasteiger partial charge in [-0.3, -0.25) is 0 Å². The van der Waals surface area contributed by atoms with Crippen molar-refractivity contribution in [3.05, 3.63) is 17.2 Å². The van der Waals surface area contributed by atoms with Crippen LogP contribution in [-0.2, 0) is 0 Å². The summed E-state index contributed by atoms with van der Waals surface area (Å²) in [7, 11) is 0. The van der Waals surface area contributed by atoms with Crippen LogP contribution in [0.1, 0.15) is 11.1 Å². The second-order valence-electron chi connectivity index (χ2n) is 2.60. The zero-order valence-corrected chi connectivity index (χ0v) is 7.44. The number of benzene rings is 1. The highest BCUT2D eigenvalue weighted by Crippen LogP contribution is 2.32. The van der Waals surface area contributed by atoms with Crippen LogP contribution >= 0.6 is 12.6 Å². The van der Waals surface area contributed by atoms with Crippen molar-refractivity contribution in [2.45, 2.75) is 18.7 Å². The topological polar surface area (TPSA) is 46.2 Å². The van der Waals surface area contributed by atoms with Crippen molar-refractivity contribution < 1.29 is 5.11 Å². The number of rotatable bonds is 0. The number of hydrogen-bond donors (Lipinski definition) is 3. The van der Waals surface area contributed by atoms with Crippen LogP contribution in [0.5, 0.6) is 5.75 Å². The molecule has 0 saturated carbocycles. The Balaban J connectivity index is 3.46. The van der Waals surface area contributed by atoms with E-state index in [9.17, 15) is 5.11 Å². The molecule has 0 fully saturated rings. The highest BCUT2D eigenvalue weighted by molar-refractivity contribution is 7.80. The highest BCUT2D eigenvalue weighted by Gasteiger charge is 2.06. The van der Waals surface area contributed by atoms with Gasteiger partial charge in [0, 0.05) is 5.69 Å². The molecule has 0 heterocycles. The van der Waals surface area contributed by atoms with Gasteiger partial charge >= 0.3 is 0 Å². The van der Waals surface area contributed by atoms with Gasteiger partial charge < -0.3 is 10.8 Å². The largest absolute Gasteiger partial charge is 0.507 e. The number of aromatic hydroxyl groups is 1. The predicted octanol–water partition coefficient (Wildman–Crippen LogP) is 1.88. The Morgan fingerprint density at radius 2 is 2.00 bits per heavy atom. The van der Waals surface area contributed by atoms with Crippen molar-refractivity contribution in [1.29, 1.82) is 0 Å². The van der Waals surface area contributed by atoms with Gasteiger partial charge in [0.05, 0.1) is 4.90 Å². The first kappa shape index (κ1) is 8.27. The van der Waals surface area contributed by atoms with Gasteiger partial charge in [-0.05, 0) is 31.0 Å². The third-order valence-corrected chi connectivity index (χ3v) is 2.31. The molecule has 0 radical (unpaired) electrons. The molecular formula is C8H11NOS. The summed E-state index contributed by atoms with van der Waals surface area (Å²) in [4.78, 5) is 0.572. The van der Waals surface area contributed by atoms with Crippen LogP contribution in [0.25, 0.3) is 0 Å². The average Bonchev–Trinajstić information content (AvgIpc) is 1.97. The van der Waals surface area contributed by atoms with Gasteiger partial charge in [0.2, 0.25) is 0 Å². The summed E-state index contributed by atoms with van der Waals surface area (Å²) in [5, 5.41) is 9.38. The number of nitrogen functional groups attached to an aromatic ring is 1. The molecule has 11 heavy (non-hydrogen) atoms. The van der Waals surface area contributed by atoms with Gasteiger partial charge in [0.15, 0.2) is 0 Å². The van der Waals surface area contributed by atoms with Crippen LogP contribution in [-0.4, -0.2) is 5.11 Å². The molecule has 0 aliphatic carbocycles. The molecule has 0 bridgehead atoms. The number of anilines is 1. The standard InChI is InChI=1S/C8H11NOS/c1-4-3-6(9)5(2)8(11)7(4)10/h3,10-11H,9H2,1-2H3. The molecule has 0 atom stereocenters. The fourth-order valence-corrected chi connectivity index (χ4v) is 1.22. The molecule has 1 aromatic carbocycles. The fraction of sp³-hybridized carbons (Fsp3) is 0.250. The van der Waals surface area contributed by atoms with Gasteiger partial charge in [0.1, 0.15) is 5.75 Å². The predicted molar refractivity (Wildman–Crippen MR) is 49.2 cm³/mol. The van der Waals surface area contributed by atoms with Crippen LogP contribution in [0, 0.1) is 13.8 Å². The number of hydrogen-bond acceptors (Lipinski definition) is 3. The lowest BCUT2D eigenvalue weighted by Crippen LogP contribution is -1.92. The Labute approximate surface area is 71.5 Å². The van der Waals surface area contributed by atoms with E-state index in [1.54, 1.807) is 13.0 Å². The Morgan fingerprint density at radius 3 is 2.55 bits per heavy atom.